The van der Waals surface area contributed by atoms with Gasteiger partial charge in [0.1, 0.15) is 18.1 Å². The highest BCUT2D eigenvalue weighted by Gasteiger charge is 2.32. The van der Waals surface area contributed by atoms with Crippen LogP contribution in [-0.4, -0.2) is 92.1 Å². The summed E-state index contributed by atoms with van der Waals surface area (Å²) in [6, 6.07) is -7.07. The van der Waals surface area contributed by atoms with E-state index < -0.39 is 104 Å². The van der Waals surface area contributed by atoms with E-state index in [2.05, 4.69) is 0 Å². The van der Waals surface area contributed by atoms with Crippen molar-refractivity contribution in [1.29, 1.82) is 0 Å². The molecule has 11 N–H and O–H groups in total. The fourth-order valence-electron chi connectivity index (χ4n) is 2.42. The number of hydrogen-bond donors (Lipinski definition) is 9. The predicted molar refractivity (Wildman–Crippen MR) is 107 cm³/mol. The normalized spacial score (nSPS) is 13.9. The van der Waals surface area contributed by atoms with Gasteiger partial charge in [-0.05, 0) is 6.42 Å². The fraction of sp³-hybridized carbons (Fsp3) is 0.529. The number of amides is 4. The van der Waals surface area contributed by atoms with Gasteiger partial charge in [-0.3, -0.25) is 33.6 Å². The van der Waals surface area contributed by atoms with Crippen LogP contribution in [0, 0.1) is 0 Å². The minimum absolute atomic E-state index is 0.488. The zero-order valence-corrected chi connectivity index (χ0v) is 17.6. The first-order valence-corrected chi connectivity index (χ1v) is 9.47. The maximum absolute atomic E-state index is 12.6. The molecule has 190 valence electrons. The van der Waals surface area contributed by atoms with Gasteiger partial charge in [0.15, 0.2) is 0 Å². The molecule has 0 aromatic rings. The van der Waals surface area contributed by atoms with Crippen molar-refractivity contribution in [1.82, 2.24) is 16.0 Å². The molecule has 0 rings (SSSR count). The lowest BCUT2D eigenvalue weighted by atomic mass is 10.1. The van der Waals surface area contributed by atoms with E-state index in [9.17, 15) is 38.4 Å². The van der Waals surface area contributed by atoms with E-state index in [-0.39, 0.29) is 0 Å². The van der Waals surface area contributed by atoms with E-state index >= 15 is 0 Å². The molecular weight excluding hydrogens is 466 g/mol. The molecule has 17 heteroatoms. The molecule has 17 nitrogen and oxygen atoms in total. The van der Waals surface area contributed by atoms with Gasteiger partial charge in [-0.2, -0.15) is 0 Å². The minimum atomic E-state index is -1.90. The maximum atomic E-state index is 12.6. The average Bonchev–Trinajstić information content (AvgIpc) is 2.68. The Bertz CT molecular complexity index is 845. The summed E-state index contributed by atoms with van der Waals surface area (Å²) in [5.74, 6) is -10.9. The van der Waals surface area contributed by atoms with Gasteiger partial charge in [-0.15, -0.1) is 0 Å². The highest BCUT2D eigenvalue weighted by atomic mass is 16.4. The Hall–Kier alpha value is -4.28. The van der Waals surface area contributed by atoms with E-state index in [1.54, 1.807) is 0 Å². The van der Waals surface area contributed by atoms with Crippen molar-refractivity contribution in [3.05, 3.63) is 0 Å². The van der Waals surface area contributed by atoms with Gasteiger partial charge in [0.25, 0.3) is 0 Å². The molecule has 0 aliphatic carbocycles. The molecular formula is C17H25N5O12. The Morgan fingerprint density at radius 1 is 0.618 bits per heavy atom. The molecule has 0 aliphatic heterocycles. The largest absolute Gasteiger partial charge is 0.481 e. The topological polar surface area (TPSA) is 306 Å². The number of nitrogens with two attached hydrogens (primary N) is 2. The van der Waals surface area contributed by atoms with Crippen LogP contribution >= 0.6 is 0 Å². The monoisotopic (exact) mass is 491 g/mol. The van der Waals surface area contributed by atoms with Gasteiger partial charge in [-0.25, -0.2) is 4.79 Å². The van der Waals surface area contributed by atoms with Crippen LogP contribution in [0.15, 0.2) is 0 Å². The molecule has 4 atom stereocenters. The van der Waals surface area contributed by atoms with Gasteiger partial charge >= 0.3 is 23.9 Å². The van der Waals surface area contributed by atoms with Crippen molar-refractivity contribution in [3.8, 4) is 0 Å². The van der Waals surface area contributed by atoms with Crippen molar-refractivity contribution >= 4 is 47.5 Å². The number of primary amides is 1. The first kappa shape index (κ1) is 29.7. The summed E-state index contributed by atoms with van der Waals surface area (Å²) < 4.78 is 0. The quantitative estimate of drug-likeness (QED) is 0.0984. The van der Waals surface area contributed by atoms with Crippen LogP contribution < -0.4 is 27.4 Å². The SMILES string of the molecule is NC(=O)CCC(NC(=O)C(CC(=O)O)NC(=O)C(N)CC(=O)O)C(=O)NC(CC(=O)O)C(=O)O. The summed E-state index contributed by atoms with van der Waals surface area (Å²) in [6.45, 7) is 0. The van der Waals surface area contributed by atoms with Crippen LogP contribution in [0.5, 0.6) is 0 Å². The van der Waals surface area contributed by atoms with Crippen LogP contribution in [-0.2, 0) is 38.4 Å². The van der Waals surface area contributed by atoms with Gasteiger partial charge in [-0.1, -0.05) is 0 Å². The first-order chi connectivity index (χ1) is 15.6. The molecule has 0 saturated carbocycles. The maximum Gasteiger partial charge on any atom is 0.326 e. The van der Waals surface area contributed by atoms with Crippen molar-refractivity contribution in [2.24, 2.45) is 11.5 Å². The van der Waals surface area contributed by atoms with E-state index in [0.717, 1.165) is 0 Å². The molecule has 4 unspecified atom stereocenters. The molecule has 34 heavy (non-hydrogen) atoms. The Balaban J connectivity index is 5.63. The molecule has 0 spiro atoms. The summed E-state index contributed by atoms with van der Waals surface area (Å²) in [5, 5.41) is 41.3. The number of hydrogen-bond acceptors (Lipinski definition) is 9. The molecule has 0 aromatic heterocycles. The Morgan fingerprint density at radius 2 is 1.03 bits per heavy atom. The standard InChI is InChI=1S/C17H25N5O12/c18-6(3-11(24)25)14(30)21-8(4-12(26)27)16(32)20-7(1-2-10(19)23)15(31)22-9(17(33)34)5-13(28)29/h6-9H,1-5,18H2,(H2,19,23)(H,20,32)(H,21,30)(H,22,31)(H,24,25)(H,26,27)(H,28,29)(H,33,34). The van der Waals surface area contributed by atoms with Crippen molar-refractivity contribution in [3.63, 3.8) is 0 Å². The number of carboxylic acids is 4. The summed E-state index contributed by atoms with van der Waals surface area (Å²) >= 11 is 0. The highest BCUT2D eigenvalue weighted by Crippen LogP contribution is 2.04. The predicted octanol–water partition coefficient (Wildman–Crippen LogP) is -4.46. The second-order valence-corrected chi connectivity index (χ2v) is 6.93. The average molecular weight is 491 g/mol. The summed E-state index contributed by atoms with van der Waals surface area (Å²) in [6.07, 6.45) is -3.85. The third kappa shape index (κ3) is 11.9. The Morgan fingerprint density at radius 3 is 1.47 bits per heavy atom. The molecule has 0 aliphatic rings. The lowest BCUT2D eigenvalue weighted by Gasteiger charge is -2.24. The van der Waals surface area contributed by atoms with Crippen molar-refractivity contribution in [2.45, 2.75) is 56.3 Å². The minimum Gasteiger partial charge on any atom is -0.481 e. The molecule has 0 aromatic carbocycles. The van der Waals surface area contributed by atoms with E-state index in [4.69, 9.17) is 31.9 Å². The summed E-state index contributed by atoms with van der Waals surface area (Å²) in [5.41, 5.74) is 10.4. The van der Waals surface area contributed by atoms with Crippen LogP contribution in [0.2, 0.25) is 0 Å². The van der Waals surface area contributed by atoms with Crippen molar-refractivity contribution in [2.75, 3.05) is 0 Å². The lowest BCUT2D eigenvalue weighted by Crippen LogP contribution is -2.57. The zero-order chi connectivity index (χ0) is 26.6. The third-order valence-electron chi connectivity index (χ3n) is 4.05. The molecule has 0 bridgehead atoms. The second kappa shape index (κ2) is 14.0. The smallest absolute Gasteiger partial charge is 0.326 e. The number of aliphatic carboxylic acids is 4. The van der Waals surface area contributed by atoms with E-state index in [1.807, 2.05) is 16.0 Å². The van der Waals surface area contributed by atoms with Crippen molar-refractivity contribution < 1.29 is 58.8 Å². The van der Waals surface area contributed by atoms with Gasteiger partial charge in [0.05, 0.1) is 25.3 Å². The zero-order valence-electron chi connectivity index (χ0n) is 17.6. The highest BCUT2D eigenvalue weighted by molar-refractivity contribution is 5.96. The Labute approximate surface area is 190 Å². The number of carbonyl (C=O) groups excluding carboxylic acids is 4. The van der Waals surface area contributed by atoms with Crippen LogP contribution in [0.3, 0.4) is 0 Å². The summed E-state index contributed by atoms with van der Waals surface area (Å²) in [4.78, 5) is 91.8. The summed E-state index contributed by atoms with van der Waals surface area (Å²) in [7, 11) is 0. The van der Waals surface area contributed by atoms with Gasteiger partial charge in [0.2, 0.25) is 23.6 Å². The number of rotatable bonds is 16. The number of carbonyl (C=O) groups is 8. The van der Waals surface area contributed by atoms with E-state index in [1.165, 1.54) is 0 Å². The third-order valence-corrected chi connectivity index (χ3v) is 4.05. The Kier molecular flexibility index (Phi) is 12.2. The molecule has 4 amide bonds. The van der Waals surface area contributed by atoms with E-state index in [0.29, 0.717) is 0 Å². The lowest BCUT2D eigenvalue weighted by molar-refractivity contribution is -0.147. The fourth-order valence-corrected chi connectivity index (χ4v) is 2.42. The van der Waals surface area contributed by atoms with Crippen LogP contribution in [0.4, 0.5) is 0 Å². The van der Waals surface area contributed by atoms with Crippen LogP contribution in [0.1, 0.15) is 32.1 Å². The number of carboxylic acid groups (broad SMARTS) is 4. The molecule has 0 fully saturated rings. The number of nitrogens with one attached hydrogen (secondary N) is 3. The second-order valence-electron chi connectivity index (χ2n) is 6.93. The van der Waals surface area contributed by atoms with Crippen LogP contribution in [0.25, 0.3) is 0 Å². The first-order valence-electron chi connectivity index (χ1n) is 9.47. The molecule has 0 heterocycles. The molecule has 0 radical (unpaired) electrons. The molecule has 0 saturated heterocycles. The van der Waals surface area contributed by atoms with Gasteiger partial charge < -0.3 is 47.8 Å². The van der Waals surface area contributed by atoms with Gasteiger partial charge in [0, 0.05) is 6.42 Å².